The van der Waals surface area contributed by atoms with Crippen molar-refractivity contribution in [1.82, 2.24) is 9.62 Å². The summed E-state index contributed by atoms with van der Waals surface area (Å²) in [6.45, 7) is 0.721. The van der Waals surface area contributed by atoms with Crippen molar-refractivity contribution in [1.29, 1.82) is 0 Å². The second kappa shape index (κ2) is 10.1. The maximum Gasteiger partial charge on any atom is 0.296 e. The van der Waals surface area contributed by atoms with E-state index in [9.17, 15) is 33.4 Å². The molecule has 1 N–H and O–H groups in total. The molecule has 0 radical (unpaired) electrons. The van der Waals surface area contributed by atoms with Crippen LogP contribution >= 0.6 is 0 Å². The van der Waals surface area contributed by atoms with Gasteiger partial charge < -0.3 is 4.90 Å². The van der Waals surface area contributed by atoms with E-state index in [0.29, 0.717) is 31.7 Å². The number of nitro benzene ring substituents is 2. The molecule has 38 heavy (non-hydrogen) atoms. The fourth-order valence-electron chi connectivity index (χ4n) is 7.06. The Morgan fingerprint density at radius 1 is 1.00 bits per heavy atom. The van der Waals surface area contributed by atoms with Gasteiger partial charge in [-0.25, -0.2) is 13.1 Å². The van der Waals surface area contributed by atoms with Gasteiger partial charge in [-0.15, -0.1) is 0 Å². The van der Waals surface area contributed by atoms with Crippen LogP contribution in [-0.2, 0) is 21.2 Å². The Hall–Kier alpha value is -3.38. The van der Waals surface area contributed by atoms with Gasteiger partial charge in [-0.3, -0.25) is 25.0 Å². The minimum absolute atomic E-state index is 0.0740. The molecule has 3 aliphatic rings. The zero-order chi connectivity index (χ0) is 27.1. The average molecular weight is 543 g/mol. The second-order valence-corrected chi connectivity index (χ2v) is 12.2. The highest BCUT2D eigenvalue weighted by Gasteiger charge is 2.56. The highest BCUT2D eigenvalue weighted by molar-refractivity contribution is 7.89. The summed E-state index contributed by atoms with van der Waals surface area (Å²) >= 11 is 0. The second-order valence-electron chi connectivity index (χ2n) is 10.5. The van der Waals surface area contributed by atoms with Crippen molar-refractivity contribution in [3.63, 3.8) is 0 Å². The Labute approximate surface area is 220 Å². The third kappa shape index (κ3) is 4.66. The molecule has 1 amide bonds. The predicted molar refractivity (Wildman–Crippen MR) is 138 cm³/mol. The van der Waals surface area contributed by atoms with E-state index < -0.39 is 42.2 Å². The van der Waals surface area contributed by atoms with E-state index in [2.05, 4.69) is 9.62 Å². The zero-order valence-electron chi connectivity index (χ0n) is 20.8. The van der Waals surface area contributed by atoms with Crippen LogP contribution in [0.25, 0.3) is 0 Å². The van der Waals surface area contributed by atoms with E-state index in [4.69, 9.17) is 0 Å². The molecule has 4 atom stereocenters. The molecular formula is C26H30N4O7S. The Morgan fingerprint density at radius 3 is 2.47 bits per heavy atom. The van der Waals surface area contributed by atoms with Gasteiger partial charge in [0, 0.05) is 30.6 Å². The van der Waals surface area contributed by atoms with Crippen LogP contribution in [0.1, 0.15) is 50.5 Å². The Kier molecular flexibility index (Phi) is 6.95. The molecule has 202 valence electrons. The molecule has 12 heteroatoms. The van der Waals surface area contributed by atoms with Crippen molar-refractivity contribution >= 4 is 27.3 Å². The first-order chi connectivity index (χ1) is 18.1. The molecule has 0 unspecified atom stereocenters. The Balaban J connectivity index is 1.52. The van der Waals surface area contributed by atoms with Crippen molar-refractivity contribution in [2.24, 2.45) is 11.8 Å². The van der Waals surface area contributed by atoms with E-state index >= 15 is 0 Å². The van der Waals surface area contributed by atoms with E-state index in [1.807, 2.05) is 30.3 Å². The molecular weight excluding hydrogens is 512 g/mol. The van der Waals surface area contributed by atoms with Gasteiger partial charge in [-0.05, 0) is 68.4 Å². The highest BCUT2D eigenvalue weighted by Crippen LogP contribution is 2.52. The molecule has 0 bridgehead atoms. The lowest BCUT2D eigenvalue weighted by Gasteiger charge is -2.53. The minimum atomic E-state index is -4.38. The summed E-state index contributed by atoms with van der Waals surface area (Å²) in [7, 11) is -4.38. The van der Waals surface area contributed by atoms with Gasteiger partial charge in [-0.2, -0.15) is 0 Å². The number of carbonyl (C=O) groups is 1. The number of amides is 1. The van der Waals surface area contributed by atoms with Crippen LogP contribution in [0.2, 0.25) is 0 Å². The van der Waals surface area contributed by atoms with Gasteiger partial charge >= 0.3 is 0 Å². The first-order valence-corrected chi connectivity index (χ1v) is 14.4. The van der Waals surface area contributed by atoms with E-state index in [1.54, 1.807) is 0 Å². The lowest BCUT2D eigenvalue weighted by Crippen LogP contribution is -2.60. The quantitative estimate of drug-likeness (QED) is 0.410. The molecule has 2 heterocycles. The van der Waals surface area contributed by atoms with Crippen LogP contribution < -0.4 is 4.72 Å². The van der Waals surface area contributed by atoms with Crippen LogP contribution in [0, 0.1) is 32.1 Å². The number of nitrogens with zero attached hydrogens (tertiary/aromatic N) is 3. The largest absolute Gasteiger partial charge is 0.337 e. The number of nitrogens with one attached hydrogen (secondary N) is 1. The van der Waals surface area contributed by atoms with Crippen molar-refractivity contribution in [2.75, 3.05) is 6.54 Å². The summed E-state index contributed by atoms with van der Waals surface area (Å²) < 4.78 is 29.9. The third-order valence-corrected chi connectivity index (χ3v) is 10.1. The summed E-state index contributed by atoms with van der Waals surface area (Å²) in [5.74, 6) is 0.110. The molecule has 0 aromatic heterocycles. The van der Waals surface area contributed by atoms with Gasteiger partial charge in [0.05, 0.1) is 15.9 Å². The molecule has 3 fully saturated rings. The SMILES string of the molecule is O=C1CCC[C@H]2[C@@H](Cc3ccccc3)[C@@H](NS(=O)(=O)c3ccc([N+](=O)[O-])cc3[N+](=O)[O-])CC[C@]23CCCN13. The Bertz CT molecular complexity index is 1370. The molecule has 1 saturated carbocycles. The fourth-order valence-corrected chi connectivity index (χ4v) is 8.54. The van der Waals surface area contributed by atoms with E-state index in [0.717, 1.165) is 49.9 Å². The zero-order valence-corrected chi connectivity index (χ0v) is 21.6. The predicted octanol–water partition coefficient (Wildman–Crippen LogP) is 3.96. The lowest BCUT2D eigenvalue weighted by atomic mass is 9.61. The topological polar surface area (TPSA) is 153 Å². The van der Waals surface area contributed by atoms with Gasteiger partial charge in [0.1, 0.15) is 0 Å². The van der Waals surface area contributed by atoms with Crippen LogP contribution in [0.15, 0.2) is 53.4 Å². The van der Waals surface area contributed by atoms with E-state index in [1.165, 1.54) is 0 Å². The number of rotatable bonds is 7. The van der Waals surface area contributed by atoms with Crippen LogP contribution in [0.4, 0.5) is 11.4 Å². The van der Waals surface area contributed by atoms with Gasteiger partial charge in [0.25, 0.3) is 11.4 Å². The van der Waals surface area contributed by atoms with Gasteiger partial charge in [0.2, 0.25) is 15.9 Å². The molecule has 2 aromatic carbocycles. The van der Waals surface area contributed by atoms with Crippen LogP contribution in [-0.4, -0.2) is 47.2 Å². The molecule has 11 nitrogen and oxygen atoms in total. The highest BCUT2D eigenvalue weighted by atomic mass is 32.2. The number of non-ortho nitro benzene ring substituents is 1. The van der Waals surface area contributed by atoms with Gasteiger partial charge in [0.15, 0.2) is 4.90 Å². The minimum Gasteiger partial charge on any atom is -0.337 e. The van der Waals surface area contributed by atoms with Crippen LogP contribution in [0.3, 0.4) is 0 Å². The normalized spacial score (nSPS) is 27.3. The monoisotopic (exact) mass is 542 g/mol. The maximum absolute atomic E-state index is 13.6. The van der Waals surface area contributed by atoms with Gasteiger partial charge in [-0.1, -0.05) is 30.3 Å². The molecule has 1 aliphatic carbocycles. The fraction of sp³-hybridized carbons (Fsp3) is 0.500. The third-order valence-electron chi connectivity index (χ3n) is 8.61. The first kappa shape index (κ1) is 26.2. The number of benzene rings is 2. The number of hydrogen-bond donors (Lipinski definition) is 1. The van der Waals surface area contributed by atoms with Crippen molar-refractivity contribution in [2.45, 2.75) is 67.8 Å². The molecule has 1 spiro atoms. The van der Waals surface area contributed by atoms with Crippen molar-refractivity contribution < 1.29 is 23.1 Å². The first-order valence-electron chi connectivity index (χ1n) is 12.9. The summed E-state index contributed by atoms with van der Waals surface area (Å²) in [6, 6.07) is 11.9. The lowest BCUT2D eigenvalue weighted by molar-refractivity contribution is -0.396. The number of carbonyl (C=O) groups excluding carboxylic acids is 1. The molecule has 2 aromatic rings. The number of hydrogen-bond acceptors (Lipinski definition) is 7. The average Bonchev–Trinajstić information content (AvgIpc) is 3.26. The Morgan fingerprint density at radius 2 is 1.76 bits per heavy atom. The summed E-state index contributed by atoms with van der Waals surface area (Å²) in [5, 5.41) is 22.8. The van der Waals surface area contributed by atoms with Crippen molar-refractivity contribution in [3.05, 3.63) is 74.3 Å². The number of sulfonamides is 1. The molecule has 2 aliphatic heterocycles. The summed E-state index contributed by atoms with van der Waals surface area (Å²) in [4.78, 5) is 35.5. The smallest absolute Gasteiger partial charge is 0.296 e. The summed E-state index contributed by atoms with van der Waals surface area (Å²) in [6.07, 6.45) is 5.58. The summed E-state index contributed by atoms with van der Waals surface area (Å²) in [5.41, 5.74) is -0.628. The number of nitro groups is 2. The van der Waals surface area contributed by atoms with Crippen molar-refractivity contribution in [3.8, 4) is 0 Å². The molecule has 5 rings (SSSR count). The van der Waals surface area contributed by atoms with E-state index in [-0.39, 0.29) is 23.3 Å². The standard InChI is InChI=1S/C26H30N4O7S/c31-25-9-4-8-21-20(16-18-6-2-1-3-7-18)22(12-14-26(21)13-5-15-28(25)26)27-38(36,37)24-11-10-19(29(32)33)17-23(24)30(34)35/h1-3,6-7,10-11,17,20-22,27H,4-5,8-9,12-16H2/t20-,21+,22+,26-/m1/s1. The van der Waals surface area contributed by atoms with Crippen LogP contribution in [0.5, 0.6) is 0 Å². The maximum atomic E-state index is 13.6. The molecule has 2 saturated heterocycles.